The lowest BCUT2D eigenvalue weighted by Gasteiger charge is -2.38. The molecule has 202 valence electrons. The van der Waals surface area contributed by atoms with Crippen LogP contribution in [0, 0.1) is 5.92 Å². The maximum Gasteiger partial charge on any atom is 0.490 e. The van der Waals surface area contributed by atoms with Gasteiger partial charge in [0.2, 0.25) is 5.91 Å². The first-order chi connectivity index (χ1) is 16.8. The highest BCUT2D eigenvalue weighted by atomic mass is 19.4. The fraction of sp³-hybridized carbons (Fsp3) is 0.704. The van der Waals surface area contributed by atoms with Gasteiger partial charge in [0.1, 0.15) is 6.10 Å². The van der Waals surface area contributed by atoms with E-state index in [4.69, 9.17) is 9.47 Å². The Labute approximate surface area is 211 Å². The van der Waals surface area contributed by atoms with Crippen molar-refractivity contribution < 1.29 is 37.0 Å². The van der Waals surface area contributed by atoms with Gasteiger partial charge in [-0.1, -0.05) is 23.8 Å². The van der Waals surface area contributed by atoms with Crippen molar-refractivity contribution in [2.45, 2.75) is 108 Å². The van der Waals surface area contributed by atoms with Gasteiger partial charge in [0.25, 0.3) is 0 Å². The zero-order chi connectivity index (χ0) is 26.6. The van der Waals surface area contributed by atoms with Crippen molar-refractivity contribution >= 4 is 11.9 Å². The number of epoxide rings is 1. The summed E-state index contributed by atoms with van der Waals surface area (Å²) in [7, 11) is 0. The molecule has 1 spiro atoms. The molecule has 3 rings (SSSR count). The number of alkyl halides is 3. The van der Waals surface area contributed by atoms with Gasteiger partial charge in [-0.05, 0) is 71.8 Å². The standard InChI is InChI=1S/C27H38F3NO5/c1-18(6-13-22-15-26(17-34-26)16-25(3,4)36-22)5-8-20-9-11-21(12-10-20)31-23(32)14-7-19(2)35-24(33)27(28,29)30/h5-7,13-14,19-22H,8-12,15-17H2,1-4H3,(H,31,32)/b13-6+,14-7-,18-5+/t19-,20?,21?,22+,26+/m0/s1. The summed E-state index contributed by atoms with van der Waals surface area (Å²) in [5.41, 5.74) is 1.04. The summed E-state index contributed by atoms with van der Waals surface area (Å²) in [4.78, 5) is 22.9. The lowest BCUT2D eigenvalue weighted by Crippen LogP contribution is -2.43. The predicted octanol–water partition coefficient (Wildman–Crippen LogP) is 5.33. The average Bonchev–Trinajstić information content (AvgIpc) is 3.51. The molecule has 0 aromatic rings. The molecule has 9 heteroatoms. The number of hydrogen-bond acceptors (Lipinski definition) is 5. The van der Waals surface area contributed by atoms with E-state index in [1.807, 2.05) is 0 Å². The van der Waals surface area contributed by atoms with Crippen LogP contribution in [0.5, 0.6) is 0 Å². The lowest BCUT2D eigenvalue weighted by atomic mass is 9.83. The fourth-order valence-electron chi connectivity index (χ4n) is 5.11. The maximum absolute atomic E-state index is 12.2. The summed E-state index contributed by atoms with van der Waals surface area (Å²) in [5, 5.41) is 2.88. The van der Waals surface area contributed by atoms with Crippen molar-refractivity contribution in [2.24, 2.45) is 5.92 Å². The summed E-state index contributed by atoms with van der Waals surface area (Å²) >= 11 is 0. The minimum atomic E-state index is -5.05. The largest absolute Gasteiger partial charge is 0.490 e. The topological polar surface area (TPSA) is 77.2 Å². The minimum Gasteiger partial charge on any atom is -0.452 e. The number of nitrogens with one attached hydrogen (secondary N) is 1. The molecule has 1 aliphatic carbocycles. The molecular formula is C27H38F3NO5. The maximum atomic E-state index is 12.2. The third-order valence-electron chi connectivity index (χ3n) is 6.93. The van der Waals surface area contributed by atoms with Crippen molar-refractivity contribution in [3.05, 3.63) is 36.0 Å². The van der Waals surface area contributed by atoms with E-state index in [1.54, 1.807) is 0 Å². The van der Waals surface area contributed by atoms with Crippen molar-refractivity contribution in [3.8, 4) is 0 Å². The molecule has 2 aliphatic heterocycles. The van der Waals surface area contributed by atoms with Crippen LogP contribution in [0.3, 0.4) is 0 Å². The number of ether oxygens (including phenoxy) is 3. The van der Waals surface area contributed by atoms with E-state index >= 15 is 0 Å². The second kappa shape index (κ2) is 11.5. The Kier molecular flexibility index (Phi) is 9.09. The Balaban J connectivity index is 1.35. The number of halogens is 3. The van der Waals surface area contributed by atoms with Gasteiger partial charge in [0.05, 0.1) is 23.9 Å². The molecule has 0 aromatic carbocycles. The van der Waals surface area contributed by atoms with Gasteiger partial charge >= 0.3 is 12.1 Å². The highest BCUT2D eigenvalue weighted by Gasteiger charge is 2.53. The molecular weight excluding hydrogens is 475 g/mol. The molecule has 3 fully saturated rings. The van der Waals surface area contributed by atoms with Crippen LogP contribution in [-0.2, 0) is 23.8 Å². The van der Waals surface area contributed by atoms with Gasteiger partial charge < -0.3 is 19.5 Å². The summed E-state index contributed by atoms with van der Waals surface area (Å²) in [6.07, 6.45) is 9.13. The molecule has 2 heterocycles. The molecule has 0 bridgehead atoms. The molecule has 3 aliphatic rings. The van der Waals surface area contributed by atoms with E-state index in [0.717, 1.165) is 63.7 Å². The zero-order valence-electron chi connectivity index (χ0n) is 21.5. The summed E-state index contributed by atoms with van der Waals surface area (Å²) in [6.45, 7) is 8.42. The highest BCUT2D eigenvalue weighted by Crippen LogP contribution is 2.46. The third kappa shape index (κ3) is 9.07. The third-order valence-corrected chi connectivity index (χ3v) is 6.93. The van der Waals surface area contributed by atoms with Crippen LogP contribution in [0.2, 0.25) is 0 Å². The molecule has 0 aromatic heterocycles. The molecule has 6 nitrogen and oxygen atoms in total. The number of carbonyl (C=O) groups is 2. The normalized spacial score (nSPS) is 31.5. The minimum absolute atomic E-state index is 0.0103. The molecule has 0 unspecified atom stereocenters. The van der Waals surface area contributed by atoms with Gasteiger partial charge in [0.15, 0.2) is 0 Å². The van der Waals surface area contributed by atoms with E-state index < -0.39 is 24.2 Å². The van der Waals surface area contributed by atoms with Gasteiger partial charge in [-0.15, -0.1) is 0 Å². The van der Waals surface area contributed by atoms with Gasteiger partial charge in [-0.2, -0.15) is 13.2 Å². The first kappa shape index (κ1) is 28.4. The van der Waals surface area contributed by atoms with Gasteiger partial charge in [0, 0.05) is 25.0 Å². The van der Waals surface area contributed by atoms with E-state index in [1.165, 1.54) is 12.5 Å². The summed E-state index contributed by atoms with van der Waals surface area (Å²) < 4.78 is 52.8. The number of esters is 1. The Morgan fingerprint density at radius 2 is 1.83 bits per heavy atom. The second-order valence-electron chi connectivity index (χ2n) is 11.0. The number of allylic oxidation sites excluding steroid dienone is 3. The zero-order valence-corrected chi connectivity index (χ0v) is 21.5. The molecule has 1 N–H and O–H groups in total. The first-order valence-corrected chi connectivity index (χ1v) is 12.7. The van der Waals surface area contributed by atoms with Crippen LogP contribution in [0.4, 0.5) is 13.2 Å². The quantitative estimate of drug-likeness (QED) is 0.205. The Hall–Kier alpha value is -2.13. The van der Waals surface area contributed by atoms with Gasteiger partial charge in [-0.25, -0.2) is 4.79 Å². The van der Waals surface area contributed by atoms with Crippen molar-refractivity contribution in [1.82, 2.24) is 5.32 Å². The summed E-state index contributed by atoms with van der Waals surface area (Å²) in [6, 6.07) is 0.0279. The smallest absolute Gasteiger partial charge is 0.452 e. The number of carbonyl (C=O) groups excluding carboxylic acids is 2. The molecule has 36 heavy (non-hydrogen) atoms. The van der Waals surface area contributed by atoms with Crippen LogP contribution in [0.15, 0.2) is 36.0 Å². The number of rotatable bonds is 8. The van der Waals surface area contributed by atoms with E-state index in [2.05, 4.69) is 49.1 Å². The van der Waals surface area contributed by atoms with Crippen LogP contribution >= 0.6 is 0 Å². The molecule has 1 saturated carbocycles. The monoisotopic (exact) mass is 513 g/mol. The van der Waals surface area contributed by atoms with E-state index in [9.17, 15) is 22.8 Å². The Morgan fingerprint density at radius 3 is 2.44 bits per heavy atom. The number of amides is 1. The first-order valence-electron chi connectivity index (χ1n) is 12.7. The summed E-state index contributed by atoms with van der Waals surface area (Å²) in [5.74, 6) is -2.13. The van der Waals surface area contributed by atoms with Gasteiger partial charge in [-0.3, -0.25) is 4.79 Å². The van der Waals surface area contributed by atoms with Crippen molar-refractivity contribution in [2.75, 3.05) is 6.61 Å². The average molecular weight is 514 g/mol. The van der Waals surface area contributed by atoms with Crippen molar-refractivity contribution in [3.63, 3.8) is 0 Å². The fourth-order valence-corrected chi connectivity index (χ4v) is 5.11. The van der Waals surface area contributed by atoms with Crippen LogP contribution < -0.4 is 5.32 Å². The molecule has 2 saturated heterocycles. The van der Waals surface area contributed by atoms with E-state index in [0.29, 0.717) is 5.92 Å². The highest BCUT2D eigenvalue weighted by molar-refractivity contribution is 5.87. The van der Waals surface area contributed by atoms with Crippen molar-refractivity contribution in [1.29, 1.82) is 0 Å². The van der Waals surface area contributed by atoms with Crippen LogP contribution in [-0.4, -0.2) is 54.1 Å². The molecule has 1 amide bonds. The van der Waals surface area contributed by atoms with E-state index in [-0.39, 0.29) is 23.3 Å². The predicted molar refractivity (Wildman–Crippen MR) is 129 cm³/mol. The SMILES string of the molecule is CC(/C=C/[C@@H]1C[C@]2(CO2)CC(C)(C)O1)=C\CC1CCC(NC(=O)/C=C\[C@H](C)OC(=O)C(F)(F)F)CC1. The second-order valence-corrected chi connectivity index (χ2v) is 11.0. The Bertz CT molecular complexity index is 874. The molecule has 0 radical (unpaired) electrons. The lowest BCUT2D eigenvalue weighted by molar-refractivity contribution is -0.202. The van der Waals surface area contributed by atoms with Crippen LogP contribution in [0.25, 0.3) is 0 Å². The Morgan fingerprint density at radius 1 is 1.17 bits per heavy atom. The van der Waals surface area contributed by atoms with Crippen LogP contribution in [0.1, 0.15) is 72.6 Å². The number of hydrogen-bond donors (Lipinski definition) is 1. The molecule has 3 atom stereocenters.